The van der Waals surface area contributed by atoms with Crippen LogP contribution in [0.3, 0.4) is 0 Å². The molecule has 0 aliphatic rings. The molecule has 0 radical (unpaired) electrons. The second-order valence-corrected chi connectivity index (χ2v) is 6.11. The van der Waals surface area contributed by atoms with Crippen molar-refractivity contribution in [3.05, 3.63) is 89.5 Å². The monoisotopic (exact) mass is 363 g/mol. The predicted octanol–water partition coefficient (Wildman–Crippen LogP) is 4.44. The van der Waals surface area contributed by atoms with E-state index >= 15 is 0 Å². The first kappa shape index (κ1) is 16.9. The van der Waals surface area contributed by atoms with Crippen LogP contribution >= 0.6 is 0 Å². The van der Waals surface area contributed by atoms with Crippen molar-refractivity contribution in [2.24, 2.45) is 0 Å². The van der Waals surface area contributed by atoms with E-state index < -0.39 is 17.5 Å². The van der Waals surface area contributed by atoms with Gasteiger partial charge < -0.3 is 10.3 Å². The summed E-state index contributed by atoms with van der Waals surface area (Å²) in [5.74, 6) is -1.31. The van der Waals surface area contributed by atoms with Crippen molar-refractivity contribution in [1.29, 1.82) is 0 Å². The number of nitrogens with zero attached hydrogens (tertiary/aromatic N) is 1. The molecular weight excluding hydrogens is 348 g/mol. The van der Waals surface area contributed by atoms with Crippen LogP contribution in [0.4, 0.5) is 8.78 Å². The second kappa shape index (κ2) is 6.99. The molecule has 0 aliphatic carbocycles. The molecule has 4 nitrogen and oxygen atoms in total. The molecule has 0 aliphatic heterocycles. The fourth-order valence-electron chi connectivity index (χ4n) is 2.82. The normalized spacial score (nSPS) is 10.9. The van der Waals surface area contributed by atoms with Crippen LogP contribution in [-0.4, -0.2) is 15.9 Å². The number of H-pyrrole nitrogens is 1. The van der Waals surface area contributed by atoms with Gasteiger partial charge in [0, 0.05) is 12.1 Å². The third-order valence-electron chi connectivity index (χ3n) is 4.24. The molecule has 0 saturated carbocycles. The third kappa shape index (κ3) is 3.55. The van der Waals surface area contributed by atoms with Gasteiger partial charge in [0.15, 0.2) is 0 Å². The van der Waals surface area contributed by atoms with E-state index in [0.29, 0.717) is 0 Å². The van der Waals surface area contributed by atoms with Gasteiger partial charge in [0.25, 0.3) is 5.91 Å². The molecule has 1 heterocycles. The summed E-state index contributed by atoms with van der Waals surface area (Å²) in [6.07, 6.45) is 0. The molecule has 0 atom stereocenters. The SMILES string of the molecule is O=C(NCc1ccc(-c2nc3ccccc3[nH]2)cc1)c1cc(F)ccc1F. The highest BCUT2D eigenvalue weighted by atomic mass is 19.1. The van der Waals surface area contributed by atoms with Crippen LogP contribution in [0.25, 0.3) is 22.4 Å². The summed E-state index contributed by atoms with van der Waals surface area (Å²) in [4.78, 5) is 19.8. The maximum Gasteiger partial charge on any atom is 0.254 e. The smallest absolute Gasteiger partial charge is 0.254 e. The van der Waals surface area contributed by atoms with Gasteiger partial charge in [-0.05, 0) is 35.9 Å². The summed E-state index contributed by atoms with van der Waals surface area (Å²) in [6.45, 7) is 0.204. The zero-order valence-corrected chi connectivity index (χ0v) is 14.2. The molecule has 1 aromatic heterocycles. The van der Waals surface area contributed by atoms with Gasteiger partial charge >= 0.3 is 0 Å². The average Bonchev–Trinajstić information content (AvgIpc) is 3.12. The molecule has 0 saturated heterocycles. The Kier molecular flexibility index (Phi) is 4.38. The molecule has 1 amide bonds. The van der Waals surface area contributed by atoms with E-state index in [2.05, 4.69) is 15.3 Å². The van der Waals surface area contributed by atoms with Crippen molar-refractivity contribution < 1.29 is 13.6 Å². The molecule has 4 aromatic rings. The number of rotatable bonds is 4. The highest BCUT2D eigenvalue weighted by Crippen LogP contribution is 2.20. The first-order valence-corrected chi connectivity index (χ1v) is 8.37. The fraction of sp³-hybridized carbons (Fsp3) is 0.0476. The zero-order valence-electron chi connectivity index (χ0n) is 14.2. The Morgan fingerprint density at radius 3 is 2.56 bits per heavy atom. The van der Waals surface area contributed by atoms with Crippen LogP contribution in [0, 0.1) is 11.6 Å². The van der Waals surface area contributed by atoms with Crippen molar-refractivity contribution in [1.82, 2.24) is 15.3 Å². The molecule has 4 rings (SSSR count). The van der Waals surface area contributed by atoms with E-state index in [9.17, 15) is 13.6 Å². The van der Waals surface area contributed by atoms with E-state index in [1.165, 1.54) is 0 Å². The zero-order chi connectivity index (χ0) is 18.8. The van der Waals surface area contributed by atoms with Crippen LogP contribution in [0.1, 0.15) is 15.9 Å². The first-order valence-electron chi connectivity index (χ1n) is 8.37. The Morgan fingerprint density at radius 2 is 1.78 bits per heavy atom. The minimum Gasteiger partial charge on any atom is -0.348 e. The Morgan fingerprint density at radius 1 is 1.00 bits per heavy atom. The van der Waals surface area contributed by atoms with E-state index in [4.69, 9.17) is 0 Å². The van der Waals surface area contributed by atoms with E-state index in [1.54, 1.807) is 0 Å². The van der Waals surface area contributed by atoms with E-state index in [-0.39, 0.29) is 12.1 Å². The van der Waals surface area contributed by atoms with Gasteiger partial charge in [0.2, 0.25) is 0 Å². The van der Waals surface area contributed by atoms with Gasteiger partial charge in [-0.1, -0.05) is 36.4 Å². The third-order valence-corrected chi connectivity index (χ3v) is 4.24. The van der Waals surface area contributed by atoms with Crippen molar-refractivity contribution in [3.63, 3.8) is 0 Å². The molecule has 0 bridgehead atoms. The lowest BCUT2D eigenvalue weighted by Crippen LogP contribution is -2.24. The van der Waals surface area contributed by atoms with Crippen LogP contribution in [0.5, 0.6) is 0 Å². The molecule has 0 unspecified atom stereocenters. The summed E-state index contributed by atoms with van der Waals surface area (Å²) in [5.41, 5.74) is 3.29. The summed E-state index contributed by atoms with van der Waals surface area (Å²) in [5, 5.41) is 2.59. The second-order valence-electron chi connectivity index (χ2n) is 6.11. The standard InChI is InChI=1S/C21H15F2N3O/c22-15-9-10-17(23)16(11-15)21(27)24-12-13-5-7-14(8-6-13)20-25-18-3-1-2-4-19(18)26-20/h1-11H,12H2,(H,24,27)(H,25,26). The number of hydrogen-bond acceptors (Lipinski definition) is 2. The number of halogens is 2. The minimum absolute atomic E-state index is 0.204. The number of para-hydroxylation sites is 2. The van der Waals surface area contributed by atoms with Crippen molar-refractivity contribution in [2.45, 2.75) is 6.54 Å². The maximum absolute atomic E-state index is 13.6. The van der Waals surface area contributed by atoms with E-state index in [1.807, 2.05) is 48.5 Å². The van der Waals surface area contributed by atoms with Gasteiger partial charge in [-0.3, -0.25) is 4.79 Å². The van der Waals surface area contributed by atoms with Gasteiger partial charge in [0.05, 0.1) is 16.6 Å². The van der Waals surface area contributed by atoms with E-state index in [0.717, 1.165) is 46.2 Å². The van der Waals surface area contributed by atoms with Crippen LogP contribution in [0.2, 0.25) is 0 Å². The van der Waals surface area contributed by atoms with Crippen LogP contribution in [-0.2, 0) is 6.54 Å². The maximum atomic E-state index is 13.6. The number of aromatic amines is 1. The fourth-order valence-corrected chi connectivity index (χ4v) is 2.82. The molecule has 6 heteroatoms. The number of aromatic nitrogens is 2. The minimum atomic E-state index is -0.755. The number of amides is 1. The number of hydrogen-bond donors (Lipinski definition) is 2. The summed E-state index contributed by atoms with van der Waals surface area (Å²) < 4.78 is 26.8. The Balaban J connectivity index is 1.46. The molecule has 0 spiro atoms. The Hall–Kier alpha value is -3.54. The van der Waals surface area contributed by atoms with Crippen molar-refractivity contribution in [2.75, 3.05) is 0 Å². The first-order chi connectivity index (χ1) is 13.1. The summed E-state index contributed by atoms with van der Waals surface area (Å²) >= 11 is 0. The molecule has 27 heavy (non-hydrogen) atoms. The van der Waals surface area contributed by atoms with Crippen molar-refractivity contribution >= 4 is 16.9 Å². The number of nitrogens with one attached hydrogen (secondary N) is 2. The number of fused-ring (bicyclic) bond motifs is 1. The molecule has 3 aromatic carbocycles. The van der Waals surface area contributed by atoms with Gasteiger partial charge in [-0.25, -0.2) is 13.8 Å². The number of carbonyl (C=O) groups excluding carboxylic acids is 1. The highest BCUT2D eigenvalue weighted by molar-refractivity contribution is 5.94. The molecular formula is C21H15F2N3O. The Labute approximate surface area is 153 Å². The predicted molar refractivity (Wildman–Crippen MR) is 99.1 cm³/mol. The lowest BCUT2D eigenvalue weighted by Gasteiger charge is -2.07. The quantitative estimate of drug-likeness (QED) is 0.563. The number of carbonyl (C=O) groups is 1. The highest BCUT2D eigenvalue weighted by Gasteiger charge is 2.12. The molecule has 2 N–H and O–H groups in total. The topological polar surface area (TPSA) is 57.8 Å². The lowest BCUT2D eigenvalue weighted by atomic mass is 10.1. The Bertz CT molecular complexity index is 1090. The van der Waals surface area contributed by atoms with Crippen LogP contribution in [0.15, 0.2) is 66.7 Å². The largest absolute Gasteiger partial charge is 0.348 e. The van der Waals surface area contributed by atoms with Gasteiger partial charge in [0.1, 0.15) is 17.5 Å². The summed E-state index contributed by atoms with van der Waals surface area (Å²) in [6, 6.07) is 18.0. The average molecular weight is 363 g/mol. The molecule has 134 valence electrons. The van der Waals surface area contributed by atoms with Gasteiger partial charge in [-0.2, -0.15) is 0 Å². The number of benzene rings is 3. The van der Waals surface area contributed by atoms with Crippen LogP contribution < -0.4 is 5.32 Å². The van der Waals surface area contributed by atoms with Crippen molar-refractivity contribution in [3.8, 4) is 11.4 Å². The number of imidazole rings is 1. The molecule has 0 fully saturated rings. The lowest BCUT2D eigenvalue weighted by molar-refractivity contribution is 0.0946. The van der Waals surface area contributed by atoms with Gasteiger partial charge in [-0.15, -0.1) is 0 Å². The summed E-state index contributed by atoms with van der Waals surface area (Å²) in [7, 11) is 0.